The van der Waals surface area contributed by atoms with Gasteiger partial charge in [0, 0.05) is 37.7 Å². The Balaban J connectivity index is 1.59. The van der Waals surface area contributed by atoms with Crippen molar-refractivity contribution in [3.63, 3.8) is 0 Å². The molecular formula is C17H20N6S. The number of pyridine rings is 1. The van der Waals surface area contributed by atoms with Gasteiger partial charge in [0.25, 0.3) is 0 Å². The van der Waals surface area contributed by atoms with Gasteiger partial charge in [-0.3, -0.25) is 4.98 Å². The second kappa shape index (κ2) is 8.26. The summed E-state index contributed by atoms with van der Waals surface area (Å²) >= 11 is 1.13. The fourth-order valence-corrected chi connectivity index (χ4v) is 2.90. The normalized spacial score (nSPS) is 10.5. The summed E-state index contributed by atoms with van der Waals surface area (Å²) in [4.78, 5) is 6.45. The van der Waals surface area contributed by atoms with Gasteiger partial charge in [0.15, 0.2) is 11.6 Å². The minimum atomic E-state index is 0.469. The molecule has 3 rings (SSSR count). The van der Waals surface area contributed by atoms with Gasteiger partial charge in [-0.05, 0) is 36.2 Å². The molecule has 2 aromatic heterocycles. The summed E-state index contributed by atoms with van der Waals surface area (Å²) in [6.45, 7) is 2.58. The fraction of sp³-hybridized carbons (Fsp3) is 0.235. The highest BCUT2D eigenvalue weighted by atomic mass is 32.1. The lowest BCUT2D eigenvalue weighted by molar-refractivity contribution is 0.747. The zero-order valence-electron chi connectivity index (χ0n) is 13.3. The quantitative estimate of drug-likeness (QED) is 0.614. The van der Waals surface area contributed by atoms with Gasteiger partial charge in [-0.2, -0.15) is 8.75 Å². The Bertz CT molecular complexity index is 731. The number of benzene rings is 1. The number of nitrogens with zero attached hydrogens (tertiary/aromatic N) is 4. The molecule has 7 heteroatoms. The van der Waals surface area contributed by atoms with Crippen LogP contribution in [0.2, 0.25) is 0 Å². The number of nitrogens with two attached hydrogens (primary N) is 1. The molecule has 0 aliphatic carbocycles. The first-order chi connectivity index (χ1) is 11.8. The maximum absolute atomic E-state index is 5.73. The van der Waals surface area contributed by atoms with E-state index < -0.39 is 0 Å². The predicted octanol–water partition coefficient (Wildman–Crippen LogP) is 3.02. The number of hydrogen-bond acceptors (Lipinski definition) is 7. The Morgan fingerprint density at radius 1 is 1.04 bits per heavy atom. The van der Waals surface area contributed by atoms with E-state index in [9.17, 15) is 0 Å². The largest absolute Gasteiger partial charge is 0.380 e. The highest BCUT2D eigenvalue weighted by molar-refractivity contribution is 6.99. The summed E-state index contributed by atoms with van der Waals surface area (Å²) in [5, 5.41) is 3.24. The summed E-state index contributed by atoms with van der Waals surface area (Å²) in [5.41, 5.74) is 8.19. The third kappa shape index (κ3) is 4.42. The average molecular weight is 340 g/mol. The predicted molar refractivity (Wildman–Crippen MR) is 99.2 cm³/mol. The van der Waals surface area contributed by atoms with Crippen LogP contribution in [0.25, 0.3) is 0 Å². The molecule has 0 aliphatic rings. The zero-order chi connectivity index (χ0) is 16.6. The van der Waals surface area contributed by atoms with Crippen molar-refractivity contribution in [2.45, 2.75) is 13.0 Å². The van der Waals surface area contributed by atoms with E-state index in [1.807, 2.05) is 18.5 Å². The van der Waals surface area contributed by atoms with Crippen molar-refractivity contribution in [2.75, 3.05) is 29.0 Å². The number of anilines is 3. The van der Waals surface area contributed by atoms with Gasteiger partial charge < -0.3 is 16.0 Å². The molecule has 0 aliphatic heterocycles. The summed E-state index contributed by atoms with van der Waals surface area (Å²) in [6, 6.07) is 14.5. The molecule has 0 bridgehead atoms. The Morgan fingerprint density at radius 3 is 2.54 bits per heavy atom. The molecule has 0 saturated heterocycles. The van der Waals surface area contributed by atoms with E-state index in [0.29, 0.717) is 11.6 Å². The molecule has 0 saturated carbocycles. The molecule has 24 heavy (non-hydrogen) atoms. The van der Waals surface area contributed by atoms with E-state index >= 15 is 0 Å². The van der Waals surface area contributed by atoms with Crippen LogP contribution in [-0.2, 0) is 6.54 Å². The van der Waals surface area contributed by atoms with Crippen LogP contribution in [0.15, 0.2) is 54.9 Å². The van der Waals surface area contributed by atoms with Crippen LogP contribution in [-0.4, -0.2) is 26.8 Å². The average Bonchev–Trinajstić information content (AvgIpc) is 3.04. The second-order valence-corrected chi connectivity index (χ2v) is 5.92. The van der Waals surface area contributed by atoms with Crippen molar-refractivity contribution < 1.29 is 0 Å². The smallest absolute Gasteiger partial charge is 0.184 e. The molecule has 3 aromatic rings. The van der Waals surface area contributed by atoms with Crippen LogP contribution >= 0.6 is 11.7 Å². The first kappa shape index (κ1) is 16.2. The Labute approximate surface area is 145 Å². The molecule has 124 valence electrons. The topological polar surface area (TPSA) is 80.0 Å². The molecule has 2 heterocycles. The number of aromatic nitrogens is 3. The molecule has 0 spiro atoms. The van der Waals surface area contributed by atoms with Crippen LogP contribution in [0, 0.1) is 0 Å². The van der Waals surface area contributed by atoms with Gasteiger partial charge in [-0.25, -0.2) is 0 Å². The molecule has 0 radical (unpaired) electrons. The fourth-order valence-electron chi connectivity index (χ4n) is 2.44. The van der Waals surface area contributed by atoms with Crippen molar-refractivity contribution in [3.8, 4) is 0 Å². The maximum Gasteiger partial charge on any atom is 0.184 e. The summed E-state index contributed by atoms with van der Waals surface area (Å²) in [7, 11) is 0. The third-order valence-electron chi connectivity index (χ3n) is 3.66. The Hall–Kier alpha value is -2.67. The van der Waals surface area contributed by atoms with Gasteiger partial charge in [0.1, 0.15) is 0 Å². The van der Waals surface area contributed by atoms with Crippen molar-refractivity contribution in [3.05, 3.63) is 60.4 Å². The van der Waals surface area contributed by atoms with Crippen molar-refractivity contribution >= 4 is 29.1 Å². The molecule has 0 unspecified atom stereocenters. The highest BCUT2D eigenvalue weighted by Gasteiger charge is 2.08. The van der Waals surface area contributed by atoms with E-state index in [-0.39, 0.29) is 0 Å². The zero-order valence-corrected chi connectivity index (χ0v) is 14.1. The minimum Gasteiger partial charge on any atom is -0.380 e. The van der Waals surface area contributed by atoms with Crippen LogP contribution < -0.4 is 16.0 Å². The van der Waals surface area contributed by atoms with E-state index in [0.717, 1.165) is 37.8 Å². The van der Waals surface area contributed by atoms with Gasteiger partial charge in [-0.1, -0.05) is 18.2 Å². The summed E-state index contributed by atoms with van der Waals surface area (Å²) in [5.74, 6) is 1.15. The molecular weight excluding hydrogens is 320 g/mol. The standard InChI is InChI=1S/C17H20N6S/c18-16-17(22-24-21-16)20-9-4-12-23(15-5-2-1-3-6-15)13-14-7-10-19-11-8-14/h1-3,5-8,10-11H,4,9,12-13H2,(H2,18,21)(H,20,22). The van der Waals surface area contributed by atoms with Gasteiger partial charge in [0.2, 0.25) is 0 Å². The minimum absolute atomic E-state index is 0.469. The van der Waals surface area contributed by atoms with E-state index in [2.05, 4.69) is 60.3 Å². The summed E-state index contributed by atoms with van der Waals surface area (Å²) in [6.07, 6.45) is 4.63. The lowest BCUT2D eigenvalue weighted by Crippen LogP contribution is -2.25. The van der Waals surface area contributed by atoms with Gasteiger partial charge in [-0.15, -0.1) is 0 Å². The SMILES string of the molecule is Nc1nsnc1NCCCN(Cc1ccncc1)c1ccccc1. The number of rotatable bonds is 8. The van der Waals surface area contributed by atoms with Gasteiger partial charge >= 0.3 is 0 Å². The number of nitrogen functional groups attached to an aromatic ring is 1. The van der Waals surface area contributed by atoms with Crippen molar-refractivity contribution in [1.82, 2.24) is 13.7 Å². The van der Waals surface area contributed by atoms with Gasteiger partial charge in [0.05, 0.1) is 11.7 Å². The first-order valence-electron chi connectivity index (χ1n) is 7.84. The highest BCUT2D eigenvalue weighted by Crippen LogP contribution is 2.17. The third-order valence-corrected chi connectivity index (χ3v) is 4.20. The summed E-state index contributed by atoms with van der Waals surface area (Å²) < 4.78 is 8.10. The molecule has 0 amide bonds. The van der Waals surface area contributed by atoms with Crippen LogP contribution in [0.5, 0.6) is 0 Å². The van der Waals surface area contributed by atoms with E-state index in [1.54, 1.807) is 0 Å². The van der Waals surface area contributed by atoms with E-state index in [4.69, 9.17) is 5.73 Å². The molecule has 3 N–H and O–H groups in total. The number of hydrogen-bond donors (Lipinski definition) is 2. The lowest BCUT2D eigenvalue weighted by atomic mass is 10.2. The number of nitrogens with one attached hydrogen (secondary N) is 1. The monoisotopic (exact) mass is 340 g/mol. The number of para-hydroxylation sites is 1. The Kier molecular flexibility index (Phi) is 5.57. The van der Waals surface area contributed by atoms with Crippen LogP contribution in [0.4, 0.5) is 17.3 Å². The van der Waals surface area contributed by atoms with Crippen molar-refractivity contribution in [2.24, 2.45) is 0 Å². The molecule has 1 aromatic carbocycles. The lowest BCUT2D eigenvalue weighted by Gasteiger charge is -2.25. The molecule has 0 fully saturated rings. The van der Waals surface area contributed by atoms with Crippen LogP contribution in [0.3, 0.4) is 0 Å². The molecule has 6 nitrogen and oxygen atoms in total. The van der Waals surface area contributed by atoms with Crippen LogP contribution in [0.1, 0.15) is 12.0 Å². The van der Waals surface area contributed by atoms with E-state index in [1.165, 1.54) is 11.3 Å². The Morgan fingerprint density at radius 2 is 1.83 bits per heavy atom. The van der Waals surface area contributed by atoms with Crippen molar-refractivity contribution in [1.29, 1.82) is 0 Å². The first-order valence-corrected chi connectivity index (χ1v) is 8.57. The molecule has 0 atom stereocenters. The maximum atomic E-state index is 5.73. The second-order valence-electron chi connectivity index (χ2n) is 5.39.